The molecule has 0 aromatic carbocycles. The lowest BCUT2D eigenvalue weighted by Gasteiger charge is -2.23. The van der Waals surface area contributed by atoms with Gasteiger partial charge in [0.2, 0.25) is 0 Å². The molecule has 0 radical (unpaired) electrons. The van der Waals surface area contributed by atoms with Crippen LogP contribution in [0.3, 0.4) is 0 Å². The lowest BCUT2D eigenvalue weighted by atomic mass is 10.0. The summed E-state index contributed by atoms with van der Waals surface area (Å²) in [4.78, 5) is 14.8. The van der Waals surface area contributed by atoms with E-state index in [0.717, 1.165) is 6.42 Å². The quantitative estimate of drug-likeness (QED) is 0.693. The van der Waals surface area contributed by atoms with E-state index in [9.17, 15) is 9.90 Å². The smallest absolute Gasteiger partial charge is 0.335 e. The molecular formula is C12H17ClN2O3. The fourth-order valence-corrected chi connectivity index (χ4v) is 1.83. The van der Waals surface area contributed by atoms with Crippen LogP contribution >= 0.6 is 11.6 Å². The molecule has 1 unspecified atom stereocenters. The van der Waals surface area contributed by atoms with Crippen molar-refractivity contribution >= 4 is 23.4 Å². The van der Waals surface area contributed by atoms with Gasteiger partial charge in [0, 0.05) is 6.54 Å². The Bertz CT molecular complexity index is 435. The normalized spacial score (nSPS) is 14.0. The Morgan fingerprint density at radius 2 is 2.22 bits per heavy atom. The van der Waals surface area contributed by atoms with Crippen molar-refractivity contribution in [3.63, 3.8) is 0 Å². The third-order valence-corrected chi connectivity index (χ3v) is 2.67. The maximum absolute atomic E-state index is 10.8. The second kappa shape index (κ2) is 6.02. The first-order valence-corrected chi connectivity index (χ1v) is 6.09. The van der Waals surface area contributed by atoms with E-state index in [1.807, 2.05) is 6.92 Å². The van der Waals surface area contributed by atoms with E-state index in [1.165, 1.54) is 12.1 Å². The predicted octanol–water partition coefficient (Wildman–Crippen LogP) is 2.40. The van der Waals surface area contributed by atoms with Crippen LogP contribution in [0.1, 0.15) is 37.0 Å². The van der Waals surface area contributed by atoms with Crippen LogP contribution in [0, 0.1) is 0 Å². The van der Waals surface area contributed by atoms with Crippen molar-refractivity contribution in [2.45, 2.75) is 32.3 Å². The summed E-state index contributed by atoms with van der Waals surface area (Å²) in [5.74, 6) is -0.723. The van der Waals surface area contributed by atoms with Gasteiger partial charge in [-0.1, -0.05) is 24.9 Å². The molecule has 0 amide bonds. The average molecular weight is 273 g/mol. The molecule has 0 spiro atoms. The molecular weight excluding hydrogens is 256 g/mol. The molecule has 3 N–H and O–H groups in total. The molecule has 1 heterocycles. The van der Waals surface area contributed by atoms with E-state index in [1.54, 1.807) is 6.92 Å². The fourth-order valence-electron chi connectivity index (χ4n) is 1.62. The molecule has 0 aliphatic rings. The number of hydrogen-bond acceptors (Lipinski definition) is 4. The number of carbonyl (C=O) groups is 1. The first-order valence-electron chi connectivity index (χ1n) is 5.71. The predicted molar refractivity (Wildman–Crippen MR) is 70.2 cm³/mol. The first kappa shape index (κ1) is 14.7. The standard InChI is InChI=1S/C12H17ClN2O3/c1-3-4-12(2,18)7-14-10-6-8(11(16)17)5-9(13)15-10/h5-6,18H,3-4,7H2,1-2H3,(H,14,15)(H,16,17). The number of carboxylic acids is 1. The van der Waals surface area contributed by atoms with Gasteiger partial charge in [-0.3, -0.25) is 0 Å². The summed E-state index contributed by atoms with van der Waals surface area (Å²) in [5, 5.41) is 21.9. The van der Waals surface area contributed by atoms with Gasteiger partial charge in [0.15, 0.2) is 0 Å². The minimum absolute atomic E-state index is 0.0626. The van der Waals surface area contributed by atoms with Crippen LogP contribution in [0.5, 0.6) is 0 Å². The summed E-state index contributed by atoms with van der Waals surface area (Å²) in [6.07, 6.45) is 1.50. The van der Waals surface area contributed by atoms with E-state index in [0.29, 0.717) is 12.2 Å². The van der Waals surface area contributed by atoms with Crippen molar-refractivity contribution < 1.29 is 15.0 Å². The van der Waals surface area contributed by atoms with Crippen LogP contribution < -0.4 is 5.32 Å². The summed E-state index contributed by atoms with van der Waals surface area (Å²) in [6.45, 7) is 3.98. The minimum Gasteiger partial charge on any atom is -0.478 e. The molecule has 1 aromatic rings. The minimum atomic E-state index is -1.07. The first-order chi connectivity index (χ1) is 8.34. The molecule has 18 heavy (non-hydrogen) atoms. The molecule has 5 nitrogen and oxygen atoms in total. The average Bonchev–Trinajstić information content (AvgIpc) is 2.26. The Balaban J connectivity index is 2.76. The number of nitrogens with zero attached hydrogens (tertiary/aromatic N) is 1. The van der Waals surface area contributed by atoms with E-state index in [4.69, 9.17) is 16.7 Å². The summed E-state index contributed by atoms with van der Waals surface area (Å²) < 4.78 is 0. The molecule has 0 aliphatic heterocycles. The number of rotatable bonds is 6. The number of aromatic carboxylic acids is 1. The van der Waals surface area contributed by atoms with Crippen molar-refractivity contribution in [1.82, 2.24) is 4.98 Å². The van der Waals surface area contributed by atoms with E-state index in [-0.39, 0.29) is 17.3 Å². The lowest BCUT2D eigenvalue weighted by Crippen LogP contribution is -2.33. The van der Waals surface area contributed by atoms with Crippen LogP contribution in [0.25, 0.3) is 0 Å². The van der Waals surface area contributed by atoms with Gasteiger partial charge in [-0.25, -0.2) is 9.78 Å². The second-order valence-corrected chi connectivity index (χ2v) is 4.86. The zero-order valence-corrected chi connectivity index (χ0v) is 11.2. The largest absolute Gasteiger partial charge is 0.478 e. The highest BCUT2D eigenvalue weighted by Crippen LogP contribution is 2.17. The maximum Gasteiger partial charge on any atom is 0.335 e. The Kier molecular flexibility index (Phi) is 4.93. The van der Waals surface area contributed by atoms with Gasteiger partial charge in [-0.05, 0) is 25.5 Å². The number of hydrogen-bond donors (Lipinski definition) is 3. The molecule has 0 aliphatic carbocycles. The SMILES string of the molecule is CCCC(C)(O)CNc1cc(C(=O)O)cc(Cl)n1. The van der Waals surface area contributed by atoms with Crippen LogP contribution in [-0.4, -0.2) is 33.3 Å². The Hall–Kier alpha value is -1.33. The van der Waals surface area contributed by atoms with Gasteiger partial charge in [-0.15, -0.1) is 0 Å². The Morgan fingerprint density at radius 1 is 1.56 bits per heavy atom. The number of anilines is 1. The molecule has 1 rings (SSSR count). The molecule has 0 saturated heterocycles. The molecule has 1 atom stereocenters. The fraction of sp³-hybridized carbons (Fsp3) is 0.500. The van der Waals surface area contributed by atoms with Gasteiger partial charge in [0.1, 0.15) is 11.0 Å². The summed E-state index contributed by atoms with van der Waals surface area (Å²) in [7, 11) is 0. The van der Waals surface area contributed by atoms with Crippen molar-refractivity contribution in [1.29, 1.82) is 0 Å². The highest BCUT2D eigenvalue weighted by Gasteiger charge is 2.19. The lowest BCUT2D eigenvalue weighted by molar-refractivity contribution is 0.0636. The van der Waals surface area contributed by atoms with Gasteiger partial charge in [0.05, 0.1) is 11.2 Å². The molecule has 100 valence electrons. The number of carboxylic acid groups (broad SMARTS) is 1. The topological polar surface area (TPSA) is 82.5 Å². The number of aromatic nitrogens is 1. The Morgan fingerprint density at radius 3 is 2.78 bits per heavy atom. The maximum atomic E-state index is 10.8. The van der Waals surface area contributed by atoms with Crippen molar-refractivity contribution in [3.05, 3.63) is 22.8 Å². The molecule has 0 bridgehead atoms. The zero-order valence-electron chi connectivity index (χ0n) is 10.4. The van der Waals surface area contributed by atoms with Gasteiger partial charge < -0.3 is 15.5 Å². The number of halogens is 1. The summed E-state index contributed by atoms with van der Waals surface area (Å²) in [5.41, 5.74) is -0.796. The van der Waals surface area contributed by atoms with Crippen molar-refractivity contribution in [3.8, 4) is 0 Å². The Labute approximate surface area is 111 Å². The van der Waals surface area contributed by atoms with Crippen LogP contribution in [0.15, 0.2) is 12.1 Å². The zero-order chi connectivity index (χ0) is 13.8. The molecule has 0 saturated carbocycles. The monoisotopic (exact) mass is 272 g/mol. The molecule has 6 heteroatoms. The van der Waals surface area contributed by atoms with Crippen molar-refractivity contribution in [2.75, 3.05) is 11.9 Å². The summed E-state index contributed by atoms with van der Waals surface area (Å²) >= 11 is 5.73. The molecule has 1 aromatic heterocycles. The van der Waals surface area contributed by atoms with E-state index in [2.05, 4.69) is 10.3 Å². The number of pyridine rings is 1. The van der Waals surface area contributed by atoms with Crippen LogP contribution in [0.4, 0.5) is 5.82 Å². The van der Waals surface area contributed by atoms with Crippen molar-refractivity contribution in [2.24, 2.45) is 0 Å². The molecule has 0 fully saturated rings. The van der Waals surface area contributed by atoms with Gasteiger partial charge in [-0.2, -0.15) is 0 Å². The number of aliphatic hydroxyl groups is 1. The highest BCUT2D eigenvalue weighted by molar-refractivity contribution is 6.29. The van der Waals surface area contributed by atoms with E-state index < -0.39 is 11.6 Å². The summed E-state index contributed by atoms with van der Waals surface area (Å²) in [6, 6.07) is 2.66. The highest BCUT2D eigenvalue weighted by atomic mass is 35.5. The third-order valence-electron chi connectivity index (χ3n) is 2.48. The van der Waals surface area contributed by atoms with E-state index >= 15 is 0 Å². The number of nitrogens with one attached hydrogen (secondary N) is 1. The van der Waals surface area contributed by atoms with Gasteiger partial charge in [0.25, 0.3) is 0 Å². The second-order valence-electron chi connectivity index (χ2n) is 4.47. The third kappa shape index (κ3) is 4.50. The van der Waals surface area contributed by atoms with Crippen LogP contribution in [0.2, 0.25) is 5.15 Å². The van der Waals surface area contributed by atoms with Crippen LogP contribution in [-0.2, 0) is 0 Å². The van der Waals surface area contributed by atoms with Gasteiger partial charge >= 0.3 is 5.97 Å².